The normalized spacial score (nSPS) is 34.7. The lowest BCUT2D eigenvalue weighted by atomic mass is 9.94. The molecule has 6 nitrogen and oxygen atoms in total. The second-order valence-corrected chi connectivity index (χ2v) is 9.61. The minimum atomic E-state index is -3.88. The summed E-state index contributed by atoms with van der Waals surface area (Å²) >= 11 is 0. The van der Waals surface area contributed by atoms with Crippen LogP contribution < -0.4 is 0 Å². The largest absolute Gasteiger partial charge is 0.383 e. The van der Waals surface area contributed by atoms with Crippen LogP contribution in [0.5, 0.6) is 0 Å². The Morgan fingerprint density at radius 2 is 1.81 bits per heavy atom. The zero-order chi connectivity index (χ0) is 18.4. The second-order valence-electron chi connectivity index (χ2n) is 7.62. The summed E-state index contributed by atoms with van der Waals surface area (Å²) in [5, 5.41) is 11.4. The molecule has 0 amide bonds. The molecule has 2 saturated carbocycles. The molecule has 3 aliphatic rings. The summed E-state index contributed by atoms with van der Waals surface area (Å²) in [5.74, 6) is -0.670. The van der Waals surface area contributed by atoms with Gasteiger partial charge in [-0.3, -0.25) is 0 Å². The lowest BCUT2D eigenvalue weighted by Gasteiger charge is -2.38. The molecule has 4 rings (SSSR count). The number of methoxy groups -OCH3 is 1. The average Bonchev–Trinajstić information content (AvgIpc) is 3.14. The molecule has 1 aromatic carbocycles. The molecule has 1 N–H and O–H groups in total. The number of ether oxygens (including phenoxy) is 3. The quantitative estimate of drug-likeness (QED) is 0.861. The van der Waals surface area contributed by atoms with E-state index in [9.17, 15) is 13.5 Å². The van der Waals surface area contributed by atoms with Gasteiger partial charge < -0.3 is 19.3 Å². The van der Waals surface area contributed by atoms with E-state index in [0.717, 1.165) is 32.1 Å². The van der Waals surface area contributed by atoms with E-state index < -0.39 is 32.8 Å². The van der Waals surface area contributed by atoms with Crippen molar-refractivity contribution in [2.75, 3.05) is 7.11 Å². The Labute approximate surface area is 154 Å². The number of hydrogen-bond acceptors (Lipinski definition) is 6. The van der Waals surface area contributed by atoms with Crippen molar-refractivity contribution in [3.63, 3.8) is 0 Å². The van der Waals surface area contributed by atoms with E-state index in [0.29, 0.717) is 6.42 Å². The third kappa shape index (κ3) is 2.81. The third-order valence-corrected chi connectivity index (χ3v) is 8.05. The Balaban J connectivity index is 1.65. The zero-order valence-corrected chi connectivity index (χ0v) is 15.8. The van der Waals surface area contributed by atoms with Crippen LogP contribution in [0.4, 0.5) is 0 Å². The van der Waals surface area contributed by atoms with Crippen molar-refractivity contribution in [1.29, 1.82) is 0 Å². The van der Waals surface area contributed by atoms with Crippen LogP contribution >= 0.6 is 0 Å². The van der Waals surface area contributed by atoms with Gasteiger partial charge in [-0.1, -0.05) is 24.6 Å². The molecule has 1 aromatic rings. The highest BCUT2D eigenvalue weighted by atomic mass is 32.2. The molecule has 0 aromatic heterocycles. The molecule has 2 aliphatic carbocycles. The second kappa shape index (κ2) is 6.56. The van der Waals surface area contributed by atoms with Crippen LogP contribution in [0.1, 0.15) is 44.9 Å². The Kier molecular flexibility index (Phi) is 4.64. The molecular formula is C19H26O6S. The van der Waals surface area contributed by atoms with Crippen LogP contribution in [0.15, 0.2) is 35.2 Å². The van der Waals surface area contributed by atoms with Crippen molar-refractivity contribution in [1.82, 2.24) is 0 Å². The van der Waals surface area contributed by atoms with Gasteiger partial charge in [-0.25, -0.2) is 8.42 Å². The standard InChI is InChI=1S/C19H26O6S/c1-23-17(26(21,22)14-8-4-2-5-9-14)19(20)13-10-15-16(19)25-18(24-15)11-6-3-7-12-18/h2,4-5,8-9,15-17,20H,3,6-7,10-13H2,1H3/t15-,16-,17?,19?/m1/s1. The molecular weight excluding hydrogens is 356 g/mol. The summed E-state index contributed by atoms with van der Waals surface area (Å²) in [6.07, 6.45) is 4.62. The van der Waals surface area contributed by atoms with Gasteiger partial charge in [0.1, 0.15) is 11.7 Å². The Morgan fingerprint density at radius 1 is 1.12 bits per heavy atom. The van der Waals surface area contributed by atoms with Gasteiger partial charge in [-0.05, 0) is 37.8 Å². The minimum Gasteiger partial charge on any atom is -0.383 e. The van der Waals surface area contributed by atoms with Crippen molar-refractivity contribution < 1.29 is 27.7 Å². The molecule has 1 aliphatic heterocycles. The Morgan fingerprint density at radius 3 is 2.46 bits per heavy atom. The Hall–Kier alpha value is -0.990. The lowest BCUT2D eigenvalue weighted by molar-refractivity contribution is -0.223. The van der Waals surface area contributed by atoms with E-state index in [-0.39, 0.29) is 17.4 Å². The van der Waals surface area contributed by atoms with Crippen LogP contribution in [0, 0.1) is 0 Å². The first-order chi connectivity index (χ1) is 12.4. The monoisotopic (exact) mass is 382 g/mol. The van der Waals surface area contributed by atoms with E-state index in [1.807, 2.05) is 0 Å². The van der Waals surface area contributed by atoms with E-state index >= 15 is 0 Å². The summed E-state index contributed by atoms with van der Waals surface area (Å²) in [6.45, 7) is 0. The first-order valence-electron chi connectivity index (χ1n) is 9.31. The molecule has 1 spiro atoms. The topological polar surface area (TPSA) is 82.1 Å². The number of sulfone groups is 1. The fourth-order valence-corrected chi connectivity index (χ4v) is 6.56. The van der Waals surface area contributed by atoms with Gasteiger partial charge in [0.25, 0.3) is 0 Å². The molecule has 1 heterocycles. The van der Waals surface area contributed by atoms with Crippen LogP contribution in [0.3, 0.4) is 0 Å². The van der Waals surface area contributed by atoms with Gasteiger partial charge in [0.15, 0.2) is 11.2 Å². The van der Waals surface area contributed by atoms with Crippen LogP contribution in [0.25, 0.3) is 0 Å². The Bertz CT molecular complexity index is 743. The van der Waals surface area contributed by atoms with Crippen molar-refractivity contribution in [2.24, 2.45) is 0 Å². The van der Waals surface area contributed by atoms with Crippen LogP contribution in [-0.2, 0) is 24.0 Å². The van der Waals surface area contributed by atoms with Gasteiger partial charge in [-0.2, -0.15) is 0 Å². The highest BCUT2D eigenvalue weighted by molar-refractivity contribution is 7.92. The number of rotatable bonds is 4. The van der Waals surface area contributed by atoms with Gasteiger partial charge in [0, 0.05) is 20.0 Å². The fraction of sp³-hybridized carbons (Fsp3) is 0.684. The summed E-state index contributed by atoms with van der Waals surface area (Å²) in [5.41, 5.74) is -3.02. The average molecular weight is 382 g/mol. The van der Waals surface area contributed by atoms with Gasteiger partial charge in [0.2, 0.25) is 9.84 Å². The predicted octanol–water partition coefficient (Wildman–Crippen LogP) is 2.40. The predicted molar refractivity (Wildman–Crippen MR) is 94.2 cm³/mol. The summed E-state index contributed by atoms with van der Waals surface area (Å²) in [7, 11) is -2.56. The van der Waals surface area contributed by atoms with E-state index in [1.54, 1.807) is 18.2 Å². The maximum Gasteiger partial charge on any atom is 0.208 e. The smallest absolute Gasteiger partial charge is 0.208 e. The van der Waals surface area contributed by atoms with Crippen molar-refractivity contribution in [3.8, 4) is 0 Å². The van der Waals surface area contributed by atoms with Crippen molar-refractivity contribution >= 4 is 9.84 Å². The van der Waals surface area contributed by atoms with Gasteiger partial charge in [-0.15, -0.1) is 0 Å². The maximum absolute atomic E-state index is 13.1. The molecule has 4 atom stereocenters. The van der Waals surface area contributed by atoms with Gasteiger partial charge >= 0.3 is 0 Å². The van der Waals surface area contributed by atoms with Crippen molar-refractivity contribution in [3.05, 3.63) is 30.3 Å². The molecule has 1 saturated heterocycles. The summed E-state index contributed by atoms with van der Waals surface area (Å²) < 4.78 is 44.0. The number of aliphatic hydroxyl groups is 1. The van der Waals surface area contributed by atoms with E-state index in [4.69, 9.17) is 14.2 Å². The molecule has 7 heteroatoms. The molecule has 26 heavy (non-hydrogen) atoms. The summed E-state index contributed by atoms with van der Waals surface area (Å²) in [6, 6.07) is 8.11. The first kappa shape index (κ1) is 18.4. The lowest BCUT2D eigenvalue weighted by Crippen LogP contribution is -2.55. The fourth-order valence-electron chi connectivity index (χ4n) is 4.73. The maximum atomic E-state index is 13.1. The zero-order valence-electron chi connectivity index (χ0n) is 15.0. The number of fused-ring (bicyclic) bond motifs is 1. The molecule has 2 unspecified atom stereocenters. The number of hydrogen-bond donors (Lipinski definition) is 1. The SMILES string of the molecule is COC(C1(O)CC[C@H]2OC3(CCCCC3)O[C@H]21)S(=O)(=O)c1ccccc1. The van der Waals surface area contributed by atoms with Crippen LogP contribution in [0.2, 0.25) is 0 Å². The highest BCUT2D eigenvalue weighted by Gasteiger charge is 2.64. The van der Waals surface area contributed by atoms with E-state index in [2.05, 4.69) is 0 Å². The van der Waals surface area contributed by atoms with Crippen LogP contribution in [-0.4, -0.2) is 49.7 Å². The molecule has 0 bridgehead atoms. The first-order valence-corrected chi connectivity index (χ1v) is 10.9. The molecule has 0 radical (unpaired) electrons. The molecule has 3 fully saturated rings. The number of benzene rings is 1. The highest BCUT2D eigenvalue weighted by Crippen LogP contribution is 2.51. The third-order valence-electron chi connectivity index (χ3n) is 5.96. The van der Waals surface area contributed by atoms with Gasteiger partial charge in [0.05, 0.1) is 11.0 Å². The summed E-state index contributed by atoms with van der Waals surface area (Å²) in [4.78, 5) is 0.134. The van der Waals surface area contributed by atoms with E-state index in [1.165, 1.54) is 19.2 Å². The molecule has 144 valence electrons. The van der Waals surface area contributed by atoms with Crippen molar-refractivity contribution in [2.45, 2.75) is 78.9 Å². The minimum absolute atomic E-state index is 0.134.